The molecule has 2 saturated heterocycles. The third kappa shape index (κ3) is 3.99. The van der Waals surface area contributed by atoms with E-state index < -0.39 is 6.04 Å². The van der Waals surface area contributed by atoms with E-state index in [4.69, 9.17) is 5.73 Å². The highest BCUT2D eigenvalue weighted by Gasteiger charge is 2.39. The second-order valence-corrected chi connectivity index (χ2v) is 9.19. The Morgan fingerprint density at radius 2 is 2.00 bits per heavy atom. The molecule has 1 aromatic carbocycles. The SMILES string of the molecule is CC1(C)CN(CCN)CCN1Cc1ccc2c(c1)C(=O)N(C1CCC(=O)NC1=O)C2. The Morgan fingerprint density at radius 1 is 1.20 bits per heavy atom. The topological polar surface area (TPSA) is 99.0 Å². The molecule has 30 heavy (non-hydrogen) atoms. The van der Waals surface area contributed by atoms with Crippen LogP contribution >= 0.6 is 0 Å². The zero-order valence-corrected chi connectivity index (χ0v) is 17.8. The number of fused-ring (bicyclic) bond motifs is 1. The van der Waals surface area contributed by atoms with Crippen LogP contribution in [0, 0.1) is 0 Å². The molecule has 8 heteroatoms. The molecule has 3 aliphatic rings. The summed E-state index contributed by atoms with van der Waals surface area (Å²) >= 11 is 0. The molecule has 3 aliphatic heterocycles. The predicted molar refractivity (Wildman–Crippen MR) is 112 cm³/mol. The summed E-state index contributed by atoms with van der Waals surface area (Å²) in [5, 5.41) is 2.35. The average molecular weight is 414 g/mol. The summed E-state index contributed by atoms with van der Waals surface area (Å²) in [4.78, 5) is 43.1. The van der Waals surface area contributed by atoms with E-state index in [1.807, 2.05) is 12.1 Å². The van der Waals surface area contributed by atoms with Gasteiger partial charge < -0.3 is 10.6 Å². The molecule has 1 atom stereocenters. The first-order valence-electron chi connectivity index (χ1n) is 10.7. The first kappa shape index (κ1) is 21.0. The summed E-state index contributed by atoms with van der Waals surface area (Å²) in [6.07, 6.45) is 0.658. The van der Waals surface area contributed by atoms with Crippen molar-refractivity contribution in [2.24, 2.45) is 5.73 Å². The number of hydrogen-bond acceptors (Lipinski definition) is 6. The van der Waals surface area contributed by atoms with Crippen molar-refractivity contribution in [3.8, 4) is 0 Å². The summed E-state index contributed by atoms with van der Waals surface area (Å²) < 4.78 is 0. The van der Waals surface area contributed by atoms with Gasteiger partial charge >= 0.3 is 0 Å². The van der Waals surface area contributed by atoms with Crippen LogP contribution < -0.4 is 11.1 Å². The largest absolute Gasteiger partial charge is 0.329 e. The molecule has 8 nitrogen and oxygen atoms in total. The van der Waals surface area contributed by atoms with Crippen molar-refractivity contribution in [3.05, 3.63) is 34.9 Å². The lowest BCUT2D eigenvalue weighted by Gasteiger charge is -2.47. The predicted octanol–water partition coefficient (Wildman–Crippen LogP) is 0.303. The van der Waals surface area contributed by atoms with Gasteiger partial charge in [-0.15, -0.1) is 0 Å². The number of benzene rings is 1. The smallest absolute Gasteiger partial charge is 0.255 e. The quantitative estimate of drug-likeness (QED) is 0.674. The van der Waals surface area contributed by atoms with E-state index in [9.17, 15) is 14.4 Å². The van der Waals surface area contributed by atoms with Gasteiger partial charge in [-0.3, -0.25) is 29.5 Å². The van der Waals surface area contributed by atoms with Gasteiger partial charge in [-0.05, 0) is 37.5 Å². The van der Waals surface area contributed by atoms with E-state index in [0.717, 1.165) is 43.9 Å². The second-order valence-electron chi connectivity index (χ2n) is 9.19. The van der Waals surface area contributed by atoms with Crippen LogP contribution in [0.4, 0.5) is 0 Å². The third-order valence-electron chi connectivity index (χ3n) is 6.56. The Kier molecular flexibility index (Phi) is 5.65. The summed E-state index contributed by atoms with van der Waals surface area (Å²) in [5.74, 6) is -0.755. The molecule has 162 valence electrons. The molecule has 0 aliphatic carbocycles. The van der Waals surface area contributed by atoms with Crippen LogP contribution in [0.2, 0.25) is 0 Å². The van der Waals surface area contributed by atoms with E-state index >= 15 is 0 Å². The molecular formula is C22H31N5O3. The number of nitrogens with two attached hydrogens (primary N) is 1. The fraction of sp³-hybridized carbons (Fsp3) is 0.591. The Bertz CT molecular complexity index is 868. The maximum atomic E-state index is 13.0. The molecule has 0 spiro atoms. The number of imide groups is 1. The summed E-state index contributed by atoms with van der Waals surface area (Å²) in [6, 6.07) is 5.50. The highest BCUT2D eigenvalue weighted by atomic mass is 16.2. The number of rotatable bonds is 5. The number of nitrogens with one attached hydrogen (secondary N) is 1. The number of amides is 3. The zero-order chi connectivity index (χ0) is 21.5. The van der Waals surface area contributed by atoms with Crippen molar-refractivity contribution in [2.75, 3.05) is 32.7 Å². The maximum Gasteiger partial charge on any atom is 0.255 e. The van der Waals surface area contributed by atoms with Crippen molar-refractivity contribution in [3.63, 3.8) is 0 Å². The molecule has 0 aromatic heterocycles. The van der Waals surface area contributed by atoms with Gasteiger partial charge in [0.25, 0.3) is 5.91 Å². The van der Waals surface area contributed by atoms with Crippen LogP contribution in [-0.2, 0) is 22.7 Å². The van der Waals surface area contributed by atoms with Crippen LogP contribution in [-0.4, -0.2) is 76.7 Å². The number of piperazine rings is 1. The first-order valence-corrected chi connectivity index (χ1v) is 10.7. The van der Waals surface area contributed by atoms with Crippen molar-refractivity contribution < 1.29 is 14.4 Å². The van der Waals surface area contributed by atoms with Crippen LogP contribution in [0.25, 0.3) is 0 Å². The van der Waals surface area contributed by atoms with E-state index in [-0.39, 0.29) is 29.7 Å². The van der Waals surface area contributed by atoms with E-state index in [0.29, 0.717) is 25.1 Å². The number of piperidine rings is 1. The molecule has 0 radical (unpaired) electrons. The van der Waals surface area contributed by atoms with Crippen molar-refractivity contribution >= 4 is 17.7 Å². The first-order chi connectivity index (χ1) is 14.3. The molecule has 3 N–H and O–H groups in total. The molecule has 0 bridgehead atoms. The Hall–Kier alpha value is -2.29. The third-order valence-corrected chi connectivity index (χ3v) is 6.56. The normalized spacial score (nSPS) is 24.8. The average Bonchev–Trinajstić information content (AvgIpc) is 3.00. The van der Waals surface area contributed by atoms with E-state index in [1.54, 1.807) is 4.90 Å². The van der Waals surface area contributed by atoms with Gasteiger partial charge in [0.2, 0.25) is 11.8 Å². The Morgan fingerprint density at radius 3 is 2.70 bits per heavy atom. The molecule has 1 aromatic rings. The fourth-order valence-electron chi connectivity index (χ4n) is 4.88. The summed E-state index contributed by atoms with van der Waals surface area (Å²) in [7, 11) is 0. The van der Waals surface area contributed by atoms with Gasteiger partial charge in [0.15, 0.2) is 0 Å². The van der Waals surface area contributed by atoms with Gasteiger partial charge in [-0.25, -0.2) is 0 Å². The molecule has 2 fully saturated rings. The maximum absolute atomic E-state index is 13.0. The van der Waals surface area contributed by atoms with Gasteiger partial charge in [-0.2, -0.15) is 0 Å². The van der Waals surface area contributed by atoms with E-state index in [2.05, 4.69) is 35.0 Å². The Labute approximate surface area is 177 Å². The summed E-state index contributed by atoms with van der Waals surface area (Å²) in [5.41, 5.74) is 8.47. The molecular weight excluding hydrogens is 382 g/mol. The highest BCUT2D eigenvalue weighted by Crippen LogP contribution is 2.30. The molecule has 4 rings (SSSR count). The van der Waals surface area contributed by atoms with Crippen LogP contribution in [0.15, 0.2) is 18.2 Å². The lowest BCUT2D eigenvalue weighted by molar-refractivity contribution is -0.136. The van der Waals surface area contributed by atoms with Crippen LogP contribution in [0.5, 0.6) is 0 Å². The van der Waals surface area contributed by atoms with Gasteiger partial charge in [0, 0.05) is 63.3 Å². The van der Waals surface area contributed by atoms with Crippen molar-refractivity contribution in [1.29, 1.82) is 0 Å². The summed E-state index contributed by atoms with van der Waals surface area (Å²) in [6.45, 7) is 10.2. The molecule has 3 amide bonds. The Balaban J connectivity index is 1.46. The van der Waals surface area contributed by atoms with Gasteiger partial charge in [-0.1, -0.05) is 12.1 Å². The second kappa shape index (κ2) is 8.09. The molecule has 1 unspecified atom stereocenters. The fourth-order valence-corrected chi connectivity index (χ4v) is 4.88. The van der Waals surface area contributed by atoms with Crippen LogP contribution in [0.1, 0.15) is 48.2 Å². The highest BCUT2D eigenvalue weighted by molar-refractivity contribution is 6.05. The molecule has 3 heterocycles. The lowest BCUT2D eigenvalue weighted by atomic mass is 9.97. The zero-order valence-electron chi connectivity index (χ0n) is 17.8. The number of hydrogen-bond donors (Lipinski definition) is 2. The number of carbonyl (C=O) groups is 3. The van der Waals surface area contributed by atoms with E-state index in [1.165, 1.54) is 0 Å². The van der Waals surface area contributed by atoms with Crippen molar-refractivity contribution in [2.45, 2.75) is 51.4 Å². The number of nitrogens with zero attached hydrogens (tertiary/aromatic N) is 3. The van der Waals surface area contributed by atoms with Crippen molar-refractivity contribution in [1.82, 2.24) is 20.0 Å². The van der Waals surface area contributed by atoms with Crippen LogP contribution in [0.3, 0.4) is 0 Å². The monoisotopic (exact) mass is 413 g/mol. The van der Waals surface area contributed by atoms with Gasteiger partial charge in [0.05, 0.1) is 0 Å². The minimum atomic E-state index is -0.569. The van der Waals surface area contributed by atoms with Gasteiger partial charge in [0.1, 0.15) is 6.04 Å². The minimum Gasteiger partial charge on any atom is -0.329 e. The minimum absolute atomic E-state index is 0.0230. The molecule has 0 saturated carbocycles. The lowest BCUT2D eigenvalue weighted by Crippen LogP contribution is -2.59. The number of carbonyl (C=O) groups excluding carboxylic acids is 3. The standard InChI is InChI=1S/C22H31N5O3/c1-22(2)14-25(8-7-23)9-10-26(22)12-15-3-4-16-13-27(21(30)17(16)11-15)18-5-6-19(28)24-20(18)29/h3-4,11,18H,5-10,12-14,23H2,1-2H3,(H,24,28,29).